The molecule has 0 spiro atoms. The van der Waals surface area contributed by atoms with Gasteiger partial charge in [0, 0.05) is 6.04 Å². The van der Waals surface area contributed by atoms with E-state index in [-0.39, 0.29) is 10.7 Å². The number of aromatic carboxylic acids is 1. The van der Waals surface area contributed by atoms with Gasteiger partial charge < -0.3 is 10.4 Å². The van der Waals surface area contributed by atoms with Crippen molar-refractivity contribution in [1.82, 2.24) is 4.98 Å². The number of hydrogen-bond donors (Lipinski definition) is 2. The van der Waals surface area contributed by atoms with E-state index in [9.17, 15) is 4.79 Å². The number of nitrogens with one attached hydrogen (secondary N) is 1. The summed E-state index contributed by atoms with van der Waals surface area (Å²) in [5.41, 5.74) is -0.0932. The third kappa shape index (κ3) is 3.00. The molecule has 1 heterocycles. The minimum atomic E-state index is -1.10. The van der Waals surface area contributed by atoms with Crippen LogP contribution in [0, 0.1) is 11.8 Å². The maximum absolute atomic E-state index is 11.0. The van der Waals surface area contributed by atoms with Gasteiger partial charge in [-0.3, -0.25) is 0 Å². The van der Waals surface area contributed by atoms with Gasteiger partial charge in [0.2, 0.25) is 0 Å². The van der Waals surface area contributed by atoms with E-state index in [1.807, 2.05) is 0 Å². The van der Waals surface area contributed by atoms with Gasteiger partial charge in [-0.2, -0.15) is 0 Å². The molecular formula is C14H19ClN2O2. The summed E-state index contributed by atoms with van der Waals surface area (Å²) in [6.45, 7) is 4.46. The van der Waals surface area contributed by atoms with Crippen LogP contribution in [-0.2, 0) is 0 Å². The molecule has 0 bridgehead atoms. The fourth-order valence-electron chi connectivity index (χ4n) is 2.89. The van der Waals surface area contributed by atoms with E-state index in [1.165, 1.54) is 12.8 Å². The van der Waals surface area contributed by atoms with Gasteiger partial charge in [0.1, 0.15) is 5.82 Å². The summed E-state index contributed by atoms with van der Waals surface area (Å²) < 4.78 is 0. The van der Waals surface area contributed by atoms with Gasteiger partial charge >= 0.3 is 5.97 Å². The molecule has 5 heteroatoms. The Balaban J connectivity index is 2.12. The zero-order chi connectivity index (χ0) is 14.0. The van der Waals surface area contributed by atoms with Crippen LogP contribution < -0.4 is 5.32 Å². The highest BCUT2D eigenvalue weighted by Crippen LogP contribution is 2.35. The van der Waals surface area contributed by atoms with Gasteiger partial charge in [0.25, 0.3) is 0 Å². The number of nitrogens with zero attached hydrogens (tertiary/aromatic N) is 1. The molecule has 1 aliphatic carbocycles. The molecule has 0 aliphatic heterocycles. The lowest BCUT2D eigenvalue weighted by Crippen LogP contribution is -2.25. The summed E-state index contributed by atoms with van der Waals surface area (Å²) >= 11 is 5.81. The largest absolute Gasteiger partial charge is 0.476 e. The van der Waals surface area contributed by atoms with Crippen molar-refractivity contribution in [2.24, 2.45) is 11.8 Å². The van der Waals surface area contributed by atoms with Crippen molar-refractivity contribution in [3.8, 4) is 0 Å². The van der Waals surface area contributed by atoms with E-state index in [0.717, 1.165) is 12.3 Å². The zero-order valence-electron chi connectivity index (χ0n) is 11.2. The number of aromatic nitrogens is 1. The summed E-state index contributed by atoms with van der Waals surface area (Å²) in [4.78, 5) is 15.1. The SMILES string of the molecule is CCC1CCC(Nc2ccc(Cl)c(C(=O)O)n2)C1C. The quantitative estimate of drug-likeness (QED) is 0.884. The standard InChI is InChI=1S/C14H19ClN2O2/c1-3-9-4-6-11(8(9)2)16-12-7-5-10(15)13(17-12)14(18)19/h5,7-9,11H,3-4,6H2,1-2H3,(H,16,17)(H,18,19). The summed E-state index contributed by atoms with van der Waals surface area (Å²) in [6.07, 6.45) is 3.51. The van der Waals surface area contributed by atoms with E-state index in [2.05, 4.69) is 24.1 Å². The molecule has 1 aromatic rings. The van der Waals surface area contributed by atoms with Crippen LogP contribution >= 0.6 is 11.6 Å². The minimum Gasteiger partial charge on any atom is -0.476 e. The number of rotatable bonds is 4. The molecule has 2 rings (SSSR count). The lowest BCUT2D eigenvalue weighted by molar-refractivity contribution is 0.0691. The van der Waals surface area contributed by atoms with Crippen LogP contribution in [0.15, 0.2) is 12.1 Å². The second-order valence-electron chi connectivity index (χ2n) is 5.19. The Morgan fingerprint density at radius 3 is 2.84 bits per heavy atom. The van der Waals surface area contributed by atoms with E-state index >= 15 is 0 Å². The third-order valence-electron chi connectivity index (χ3n) is 4.13. The third-order valence-corrected chi connectivity index (χ3v) is 4.44. The molecule has 0 amide bonds. The highest BCUT2D eigenvalue weighted by Gasteiger charge is 2.31. The predicted octanol–water partition coefficient (Wildman–Crippen LogP) is 3.67. The van der Waals surface area contributed by atoms with Gasteiger partial charge in [-0.1, -0.05) is 31.9 Å². The average molecular weight is 283 g/mol. The molecule has 3 atom stereocenters. The summed E-state index contributed by atoms with van der Waals surface area (Å²) in [7, 11) is 0. The summed E-state index contributed by atoms with van der Waals surface area (Å²) in [6, 6.07) is 3.68. The first-order valence-electron chi connectivity index (χ1n) is 6.69. The Morgan fingerprint density at radius 2 is 2.26 bits per heavy atom. The van der Waals surface area contributed by atoms with Crippen LogP contribution in [0.3, 0.4) is 0 Å². The maximum atomic E-state index is 11.0. The van der Waals surface area contributed by atoms with Gasteiger partial charge in [-0.25, -0.2) is 9.78 Å². The highest BCUT2D eigenvalue weighted by molar-refractivity contribution is 6.33. The van der Waals surface area contributed by atoms with Crippen molar-refractivity contribution >= 4 is 23.4 Å². The second-order valence-corrected chi connectivity index (χ2v) is 5.59. The zero-order valence-corrected chi connectivity index (χ0v) is 11.9. The van der Waals surface area contributed by atoms with E-state index in [4.69, 9.17) is 16.7 Å². The molecule has 1 fully saturated rings. The Morgan fingerprint density at radius 1 is 1.53 bits per heavy atom. The van der Waals surface area contributed by atoms with E-state index in [0.29, 0.717) is 17.8 Å². The average Bonchev–Trinajstić information content (AvgIpc) is 2.72. The van der Waals surface area contributed by atoms with Gasteiger partial charge in [-0.05, 0) is 36.8 Å². The fourth-order valence-corrected chi connectivity index (χ4v) is 3.08. The number of hydrogen-bond acceptors (Lipinski definition) is 3. The number of carbonyl (C=O) groups is 1. The Bertz CT molecular complexity index is 479. The van der Waals surface area contributed by atoms with Crippen LogP contribution in [0.25, 0.3) is 0 Å². The normalized spacial score (nSPS) is 26.4. The molecule has 1 aromatic heterocycles. The number of carboxylic acids is 1. The molecule has 3 unspecified atom stereocenters. The predicted molar refractivity (Wildman–Crippen MR) is 75.8 cm³/mol. The monoisotopic (exact) mass is 282 g/mol. The smallest absolute Gasteiger partial charge is 0.356 e. The molecule has 1 aliphatic rings. The van der Waals surface area contributed by atoms with Crippen LogP contribution in [0.5, 0.6) is 0 Å². The van der Waals surface area contributed by atoms with Gasteiger partial charge in [0.05, 0.1) is 5.02 Å². The molecule has 19 heavy (non-hydrogen) atoms. The van der Waals surface area contributed by atoms with Crippen molar-refractivity contribution in [3.05, 3.63) is 22.8 Å². The maximum Gasteiger partial charge on any atom is 0.356 e. The molecule has 0 radical (unpaired) electrons. The lowest BCUT2D eigenvalue weighted by atomic mass is 9.93. The number of pyridine rings is 1. The molecule has 2 N–H and O–H groups in total. The first-order chi connectivity index (χ1) is 9.02. The van der Waals surface area contributed by atoms with Crippen molar-refractivity contribution in [1.29, 1.82) is 0 Å². The number of carboxylic acid groups (broad SMARTS) is 1. The van der Waals surface area contributed by atoms with Crippen LogP contribution in [-0.4, -0.2) is 22.1 Å². The van der Waals surface area contributed by atoms with Crippen molar-refractivity contribution in [3.63, 3.8) is 0 Å². The van der Waals surface area contributed by atoms with Gasteiger partial charge in [0.15, 0.2) is 5.69 Å². The molecule has 4 nitrogen and oxygen atoms in total. The molecule has 0 aromatic carbocycles. The molecular weight excluding hydrogens is 264 g/mol. The van der Waals surface area contributed by atoms with Crippen molar-refractivity contribution < 1.29 is 9.90 Å². The van der Waals surface area contributed by atoms with Crippen LogP contribution in [0.1, 0.15) is 43.6 Å². The first kappa shape index (κ1) is 14.1. The van der Waals surface area contributed by atoms with Crippen molar-refractivity contribution in [2.45, 2.75) is 39.2 Å². The minimum absolute atomic E-state index is 0.0932. The topological polar surface area (TPSA) is 62.2 Å². The van der Waals surface area contributed by atoms with Crippen LogP contribution in [0.4, 0.5) is 5.82 Å². The van der Waals surface area contributed by atoms with E-state index in [1.54, 1.807) is 12.1 Å². The highest BCUT2D eigenvalue weighted by atomic mass is 35.5. The fraction of sp³-hybridized carbons (Fsp3) is 0.571. The second kappa shape index (κ2) is 5.78. The Kier molecular flexibility index (Phi) is 4.30. The number of anilines is 1. The van der Waals surface area contributed by atoms with E-state index < -0.39 is 5.97 Å². The summed E-state index contributed by atoms with van der Waals surface area (Å²) in [5, 5.41) is 12.5. The molecule has 1 saturated carbocycles. The first-order valence-corrected chi connectivity index (χ1v) is 7.07. The Labute approximate surface area is 118 Å². The van der Waals surface area contributed by atoms with Crippen molar-refractivity contribution in [2.75, 3.05) is 5.32 Å². The van der Waals surface area contributed by atoms with Gasteiger partial charge in [-0.15, -0.1) is 0 Å². The lowest BCUT2D eigenvalue weighted by Gasteiger charge is -2.21. The molecule has 0 saturated heterocycles. The Hall–Kier alpha value is -1.29. The number of halogens is 1. The molecule has 104 valence electrons. The summed E-state index contributed by atoms with van der Waals surface area (Å²) in [5.74, 6) is 0.814. The van der Waals surface area contributed by atoms with Crippen LogP contribution in [0.2, 0.25) is 5.02 Å².